The first-order chi connectivity index (χ1) is 11.6. The lowest BCUT2D eigenvalue weighted by Gasteiger charge is -2.27. The topological polar surface area (TPSA) is 59.2 Å². The van der Waals surface area contributed by atoms with Crippen molar-refractivity contribution in [1.82, 2.24) is 9.88 Å². The molecule has 0 aliphatic heterocycles. The molecule has 3 rings (SSSR count). The van der Waals surface area contributed by atoms with Crippen LogP contribution in [0.25, 0.3) is 10.9 Å². The minimum atomic E-state index is -0.105. The Kier molecular flexibility index (Phi) is 4.47. The number of amides is 1. The van der Waals surface area contributed by atoms with Gasteiger partial charge in [0.2, 0.25) is 0 Å². The first-order valence-electron chi connectivity index (χ1n) is 8.06. The van der Waals surface area contributed by atoms with Crippen molar-refractivity contribution in [2.75, 3.05) is 5.73 Å². The monoisotopic (exact) mass is 319 g/mol. The van der Waals surface area contributed by atoms with Crippen LogP contribution in [0.1, 0.15) is 29.9 Å². The predicted molar refractivity (Wildman–Crippen MR) is 97.6 cm³/mol. The zero-order valence-electron chi connectivity index (χ0n) is 13.9. The molecule has 1 heterocycles. The van der Waals surface area contributed by atoms with E-state index in [-0.39, 0.29) is 11.9 Å². The summed E-state index contributed by atoms with van der Waals surface area (Å²) in [6.07, 6.45) is 0. The normalized spacial score (nSPS) is 11.0. The maximum Gasteiger partial charge on any atom is 0.273 e. The number of nitrogen functional groups attached to an aromatic ring is 1. The van der Waals surface area contributed by atoms with Crippen LogP contribution < -0.4 is 5.73 Å². The number of benzene rings is 2. The Morgan fingerprint density at radius 2 is 1.75 bits per heavy atom. The first kappa shape index (κ1) is 16.0. The molecule has 0 aliphatic carbocycles. The Morgan fingerprint density at radius 1 is 1.08 bits per heavy atom. The molecule has 0 saturated heterocycles. The molecular weight excluding hydrogens is 298 g/mol. The molecule has 3 aromatic rings. The van der Waals surface area contributed by atoms with Crippen molar-refractivity contribution in [2.24, 2.45) is 0 Å². The van der Waals surface area contributed by atoms with Gasteiger partial charge in [-0.25, -0.2) is 4.98 Å². The molecule has 0 fully saturated rings. The average molecular weight is 319 g/mol. The summed E-state index contributed by atoms with van der Waals surface area (Å²) in [5.41, 5.74) is 8.91. The Labute approximate surface area is 141 Å². The third-order valence-electron chi connectivity index (χ3n) is 4.05. The largest absolute Gasteiger partial charge is 0.398 e. The van der Waals surface area contributed by atoms with Crippen LogP contribution in [-0.4, -0.2) is 21.8 Å². The van der Waals surface area contributed by atoms with Crippen LogP contribution in [-0.2, 0) is 6.54 Å². The van der Waals surface area contributed by atoms with E-state index >= 15 is 0 Å². The Morgan fingerprint density at radius 3 is 2.46 bits per heavy atom. The van der Waals surface area contributed by atoms with E-state index in [2.05, 4.69) is 4.98 Å². The van der Waals surface area contributed by atoms with E-state index in [4.69, 9.17) is 5.73 Å². The van der Waals surface area contributed by atoms with E-state index in [1.807, 2.05) is 73.3 Å². The van der Waals surface area contributed by atoms with E-state index in [9.17, 15) is 4.79 Å². The summed E-state index contributed by atoms with van der Waals surface area (Å²) in [6, 6.07) is 19.3. The van der Waals surface area contributed by atoms with Crippen LogP contribution in [0.3, 0.4) is 0 Å². The van der Waals surface area contributed by atoms with Crippen molar-refractivity contribution in [3.63, 3.8) is 0 Å². The minimum absolute atomic E-state index is 0.0622. The van der Waals surface area contributed by atoms with Gasteiger partial charge in [-0.3, -0.25) is 4.79 Å². The zero-order valence-corrected chi connectivity index (χ0v) is 13.9. The average Bonchev–Trinajstić information content (AvgIpc) is 2.60. The van der Waals surface area contributed by atoms with Crippen LogP contribution in [0.15, 0.2) is 60.7 Å². The number of nitrogens with zero attached hydrogens (tertiary/aromatic N) is 2. The van der Waals surface area contributed by atoms with Crippen molar-refractivity contribution in [3.05, 3.63) is 71.9 Å². The van der Waals surface area contributed by atoms with Crippen LogP contribution in [0.5, 0.6) is 0 Å². The van der Waals surface area contributed by atoms with E-state index in [1.54, 1.807) is 6.07 Å². The Hall–Kier alpha value is -2.88. The number of hydrogen-bond acceptors (Lipinski definition) is 3. The quantitative estimate of drug-likeness (QED) is 0.794. The highest BCUT2D eigenvalue weighted by Gasteiger charge is 2.21. The van der Waals surface area contributed by atoms with Gasteiger partial charge in [-0.15, -0.1) is 0 Å². The fourth-order valence-corrected chi connectivity index (χ4v) is 2.73. The molecule has 0 aliphatic rings. The molecule has 122 valence electrons. The zero-order chi connectivity index (χ0) is 17.1. The van der Waals surface area contributed by atoms with Gasteiger partial charge in [-0.05, 0) is 31.5 Å². The number of carbonyl (C=O) groups is 1. The van der Waals surface area contributed by atoms with Gasteiger partial charge in [0, 0.05) is 23.7 Å². The molecule has 4 heteroatoms. The number of aromatic nitrogens is 1. The number of nitrogens with two attached hydrogens (primary N) is 1. The molecule has 0 radical (unpaired) electrons. The highest BCUT2D eigenvalue weighted by molar-refractivity contribution is 5.99. The van der Waals surface area contributed by atoms with Crippen LogP contribution in [0.4, 0.5) is 5.69 Å². The molecule has 2 N–H and O–H groups in total. The van der Waals surface area contributed by atoms with E-state index in [1.165, 1.54) is 0 Å². The molecule has 0 spiro atoms. The molecule has 1 aromatic heterocycles. The molecule has 0 saturated carbocycles. The van der Waals surface area contributed by atoms with Gasteiger partial charge in [-0.2, -0.15) is 0 Å². The van der Waals surface area contributed by atoms with Crippen molar-refractivity contribution >= 4 is 22.5 Å². The maximum atomic E-state index is 13.0. The number of para-hydroxylation sites is 1. The third-order valence-corrected chi connectivity index (χ3v) is 4.05. The molecular formula is C20H21N3O. The van der Waals surface area contributed by atoms with E-state index in [0.29, 0.717) is 17.9 Å². The molecule has 24 heavy (non-hydrogen) atoms. The van der Waals surface area contributed by atoms with Gasteiger partial charge in [0.15, 0.2) is 0 Å². The highest BCUT2D eigenvalue weighted by Crippen LogP contribution is 2.22. The van der Waals surface area contributed by atoms with Crippen LogP contribution >= 0.6 is 0 Å². The Balaban J connectivity index is 1.96. The summed E-state index contributed by atoms with van der Waals surface area (Å²) in [5, 5.41) is 0.869. The number of pyridine rings is 1. The van der Waals surface area contributed by atoms with Crippen LogP contribution in [0.2, 0.25) is 0 Å². The van der Waals surface area contributed by atoms with Gasteiger partial charge in [0.1, 0.15) is 5.69 Å². The van der Waals surface area contributed by atoms with Crippen molar-refractivity contribution in [3.8, 4) is 0 Å². The number of rotatable bonds is 4. The van der Waals surface area contributed by atoms with Gasteiger partial charge in [0.25, 0.3) is 5.91 Å². The smallest absolute Gasteiger partial charge is 0.273 e. The lowest BCUT2D eigenvalue weighted by molar-refractivity contribution is 0.0684. The predicted octanol–water partition coefficient (Wildman–Crippen LogP) is 3.87. The second-order valence-corrected chi connectivity index (χ2v) is 6.13. The molecule has 2 aromatic carbocycles. The molecule has 0 atom stereocenters. The second kappa shape index (κ2) is 6.71. The number of carbonyl (C=O) groups excluding carboxylic acids is 1. The summed E-state index contributed by atoms with van der Waals surface area (Å²) < 4.78 is 0. The standard InChI is InChI=1S/C20H21N3O/c1-14(2)23(13-15-8-4-3-5-9-15)20(24)19-12-17(21)16-10-6-7-11-18(16)22-19/h3-12,14H,13H2,1-2H3,(H2,21,22). The van der Waals surface area contributed by atoms with Gasteiger partial charge < -0.3 is 10.6 Å². The SMILES string of the molecule is CC(C)N(Cc1ccccc1)C(=O)c1cc(N)c2ccccc2n1. The van der Waals surface area contributed by atoms with Crippen LogP contribution in [0, 0.1) is 0 Å². The number of fused-ring (bicyclic) bond motifs is 1. The third kappa shape index (κ3) is 3.23. The van der Waals surface area contributed by atoms with E-state index < -0.39 is 0 Å². The molecule has 0 bridgehead atoms. The molecule has 0 unspecified atom stereocenters. The maximum absolute atomic E-state index is 13.0. The number of anilines is 1. The Bertz CT molecular complexity index is 859. The summed E-state index contributed by atoms with van der Waals surface area (Å²) in [7, 11) is 0. The first-order valence-corrected chi connectivity index (χ1v) is 8.06. The summed E-state index contributed by atoms with van der Waals surface area (Å²) in [6.45, 7) is 4.56. The number of hydrogen-bond donors (Lipinski definition) is 1. The summed E-state index contributed by atoms with van der Waals surface area (Å²) in [5.74, 6) is -0.105. The minimum Gasteiger partial charge on any atom is -0.398 e. The van der Waals surface area contributed by atoms with Gasteiger partial charge >= 0.3 is 0 Å². The van der Waals surface area contributed by atoms with Crippen molar-refractivity contribution in [1.29, 1.82) is 0 Å². The summed E-state index contributed by atoms with van der Waals surface area (Å²) in [4.78, 5) is 19.3. The van der Waals surface area contributed by atoms with Gasteiger partial charge in [0.05, 0.1) is 5.52 Å². The lowest BCUT2D eigenvalue weighted by atomic mass is 10.1. The van der Waals surface area contributed by atoms with Crippen molar-refractivity contribution < 1.29 is 4.79 Å². The van der Waals surface area contributed by atoms with Gasteiger partial charge in [-0.1, -0.05) is 48.5 Å². The fourth-order valence-electron chi connectivity index (χ4n) is 2.73. The second-order valence-electron chi connectivity index (χ2n) is 6.13. The fraction of sp³-hybridized carbons (Fsp3) is 0.200. The molecule has 4 nitrogen and oxygen atoms in total. The lowest BCUT2D eigenvalue weighted by Crippen LogP contribution is -2.36. The molecule has 1 amide bonds. The summed E-state index contributed by atoms with van der Waals surface area (Å²) >= 11 is 0. The van der Waals surface area contributed by atoms with E-state index in [0.717, 1.165) is 16.5 Å². The highest BCUT2D eigenvalue weighted by atomic mass is 16.2. The van der Waals surface area contributed by atoms with Crippen molar-refractivity contribution in [2.45, 2.75) is 26.4 Å².